The number of hydrogen-bond acceptors (Lipinski definition) is 6. The molecule has 2 N–H and O–H groups in total. The van der Waals surface area contributed by atoms with Gasteiger partial charge in [0.15, 0.2) is 0 Å². The Morgan fingerprint density at radius 3 is 2.78 bits per heavy atom. The van der Waals surface area contributed by atoms with E-state index in [1.165, 1.54) is 0 Å². The van der Waals surface area contributed by atoms with E-state index in [1.54, 1.807) is 16.8 Å². The third-order valence-corrected chi connectivity index (χ3v) is 5.68. The summed E-state index contributed by atoms with van der Waals surface area (Å²) < 4.78 is 5.38. The predicted octanol–water partition coefficient (Wildman–Crippen LogP) is 3.75. The monoisotopic (exact) mass is 431 g/mol. The Morgan fingerprint density at radius 1 is 1.16 bits per heavy atom. The van der Waals surface area contributed by atoms with Crippen LogP contribution in [0.3, 0.4) is 0 Å². The van der Waals surface area contributed by atoms with Crippen LogP contribution in [0.25, 0.3) is 21.9 Å². The number of carbonyl (C=O) groups is 1. The molecule has 0 aliphatic carbocycles. The van der Waals surface area contributed by atoms with Crippen molar-refractivity contribution in [2.45, 2.75) is 13.8 Å². The zero-order valence-corrected chi connectivity index (χ0v) is 18.3. The molecule has 2 aromatic heterocycles. The maximum absolute atomic E-state index is 13.1. The lowest BCUT2D eigenvalue weighted by atomic mass is 10.1. The van der Waals surface area contributed by atoms with Crippen LogP contribution in [-0.2, 0) is 4.74 Å². The Hall–Kier alpha value is -3.72. The van der Waals surface area contributed by atoms with Crippen LogP contribution in [0, 0.1) is 13.8 Å². The number of carbonyl (C=O) groups excluding carboxylic acids is 1. The van der Waals surface area contributed by atoms with Crippen molar-refractivity contribution in [2.24, 2.45) is 0 Å². The molecule has 5 rings (SSSR count). The molecule has 9 nitrogen and oxygen atoms in total. The zero-order chi connectivity index (χ0) is 22.2. The highest BCUT2D eigenvalue weighted by atomic mass is 16.5. The number of amides is 2. The molecular formula is C23H25N7O2. The molecule has 0 unspecified atom stereocenters. The molecule has 1 saturated heterocycles. The van der Waals surface area contributed by atoms with Gasteiger partial charge in [-0.2, -0.15) is 0 Å². The average Bonchev–Trinajstić information content (AvgIpc) is 3.18. The number of hydrogen-bond donors (Lipinski definition) is 2. The molecule has 2 aromatic carbocycles. The fraction of sp³-hybridized carbons (Fsp3) is 0.304. The van der Waals surface area contributed by atoms with E-state index in [2.05, 4.69) is 25.3 Å². The van der Waals surface area contributed by atoms with E-state index >= 15 is 0 Å². The largest absolute Gasteiger partial charge is 0.378 e. The number of ether oxygens (including phenoxy) is 1. The topological polar surface area (TPSA) is 99.3 Å². The summed E-state index contributed by atoms with van der Waals surface area (Å²) in [5.41, 5.74) is 5.05. The van der Waals surface area contributed by atoms with Gasteiger partial charge in [-0.3, -0.25) is 4.90 Å². The fourth-order valence-electron chi connectivity index (χ4n) is 4.01. The molecule has 32 heavy (non-hydrogen) atoms. The molecule has 4 aromatic rings. The number of anilines is 3. The molecule has 164 valence electrons. The van der Waals surface area contributed by atoms with Crippen LogP contribution in [0.1, 0.15) is 11.4 Å². The summed E-state index contributed by atoms with van der Waals surface area (Å²) in [4.78, 5) is 33.6. The molecule has 1 fully saturated rings. The minimum Gasteiger partial charge on any atom is -0.378 e. The molecule has 9 heteroatoms. The van der Waals surface area contributed by atoms with Gasteiger partial charge in [0.1, 0.15) is 11.3 Å². The Bertz CT molecular complexity index is 1310. The van der Waals surface area contributed by atoms with Crippen molar-refractivity contribution in [3.8, 4) is 0 Å². The average molecular weight is 432 g/mol. The van der Waals surface area contributed by atoms with Gasteiger partial charge in [-0.05, 0) is 31.5 Å². The van der Waals surface area contributed by atoms with Crippen LogP contribution in [-0.4, -0.2) is 64.2 Å². The van der Waals surface area contributed by atoms with Crippen LogP contribution in [0.5, 0.6) is 0 Å². The van der Waals surface area contributed by atoms with E-state index in [1.807, 2.05) is 50.4 Å². The Kier molecular flexibility index (Phi) is 5.10. The van der Waals surface area contributed by atoms with Gasteiger partial charge in [0.05, 0.1) is 29.9 Å². The van der Waals surface area contributed by atoms with Crippen molar-refractivity contribution in [2.75, 3.05) is 43.6 Å². The molecule has 3 heterocycles. The summed E-state index contributed by atoms with van der Waals surface area (Å²) >= 11 is 0. The quantitative estimate of drug-likeness (QED) is 0.513. The smallest absolute Gasteiger partial charge is 0.324 e. The Morgan fingerprint density at radius 2 is 1.97 bits per heavy atom. The van der Waals surface area contributed by atoms with Crippen molar-refractivity contribution in [3.05, 3.63) is 47.9 Å². The molecular weight excluding hydrogens is 406 g/mol. The summed E-state index contributed by atoms with van der Waals surface area (Å²) in [5, 5.41) is 4.29. The van der Waals surface area contributed by atoms with Crippen LogP contribution < -0.4 is 10.2 Å². The second-order valence-electron chi connectivity index (χ2n) is 7.99. The number of para-hydroxylation sites is 1. The fourth-order valence-corrected chi connectivity index (χ4v) is 4.01. The number of morpholine rings is 1. The number of fused-ring (bicyclic) bond motifs is 2. The van der Waals surface area contributed by atoms with E-state index in [4.69, 9.17) is 4.74 Å². The maximum atomic E-state index is 13.1. The molecule has 2 amide bonds. The van der Waals surface area contributed by atoms with E-state index < -0.39 is 0 Å². The van der Waals surface area contributed by atoms with Crippen LogP contribution in [0.15, 0.2) is 36.5 Å². The van der Waals surface area contributed by atoms with Crippen molar-refractivity contribution in [3.63, 3.8) is 0 Å². The first-order valence-corrected chi connectivity index (χ1v) is 10.6. The van der Waals surface area contributed by atoms with Crippen LogP contribution in [0.4, 0.5) is 22.1 Å². The van der Waals surface area contributed by atoms with E-state index in [-0.39, 0.29) is 6.03 Å². The summed E-state index contributed by atoms with van der Waals surface area (Å²) in [7, 11) is 1.77. The van der Waals surface area contributed by atoms with Crippen molar-refractivity contribution in [1.82, 2.24) is 24.8 Å². The van der Waals surface area contributed by atoms with Gasteiger partial charge in [0.2, 0.25) is 5.95 Å². The maximum Gasteiger partial charge on any atom is 0.324 e. The van der Waals surface area contributed by atoms with E-state index in [0.717, 1.165) is 39.0 Å². The van der Waals surface area contributed by atoms with Gasteiger partial charge in [0, 0.05) is 37.4 Å². The lowest BCUT2D eigenvalue weighted by Crippen LogP contribution is -2.47. The van der Waals surface area contributed by atoms with Gasteiger partial charge in [-0.15, -0.1) is 0 Å². The standard InChI is InChI=1S/C23H25N7O2/c1-14-5-4-6-16-13-24-22(28-20(14)16)27-17-11-18-21(26-15(2)25-18)19(12-17)29(3)23(31)30-7-9-32-10-8-30/h4-6,11-13H,7-10H2,1-3H3,(H,25,26)(H,24,27,28). The van der Waals surface area contributed by atoms with Crippen molar-refractivity contribution < 1.29 is 9.53 Å². The number of aryl methyl sites for hydroxylation is 2. The molecule has 0 saturated carbocycles. The second-order valence-corrected chi connectivity index (χ2v) is 7.99. The van der Waals surface area contributed by atoms with Crippen LogP contribution >= 0.6 is 0 Å². The van der Waals surface area contributed by atoms with Gasteiger partial charge >= 0.3 is 6.03 Å². The molecule has 1 aliphatic rings. The Balaban J connectivity index is 1.52. The normalized spacial score (nSPS) is 14.2. The molecule has 0 radical (unpaired) electrons. The molecule has 0 bridgehead atoms. The molecule has 0 atom stereocenters. The number of rotatable bonds is 3. The lowest BCUT2D eigenvalue weighted by Gasteiger charge is -2.31. The number of imidazole rings is 1. The zero-order valence-electron chi connectivity index (χ0n) is 18.3. The summed E-state index contributed by atoms with van der Waals surface area (Å²) in [6.45, 7) is 6.19. The second kappa shape index (κ2) is 8.08. The van der Waals surface area contributed by atoms with E-state index in [0.29, 0.717) is 37.9 Å². The Labute approximate surface area is 185 Å². The SMILES string of the molecule is Cc1nc2c(N(C)C(=O)N3CCOCC3)cc(Nc3ncc4cccc(C)c4n3)cc2[nH]1. The number of aromatic amines is 1. The van der Waals surface area contributed by atoms with Crippen molar-refractivity contribution >= 4 is 45.3 Å². The summed E-state index contributed by atoms with van der Waals surface area (Å²) in [5.74, 6) is 1.28. The highest BCUT2D eigenvalue weighted by Gasteiger charge is 2.24. The summed E-state index contributed by atoms with van der Waals surface area (Å²) in [6.07, 6.45) is 1.81. The van der Waals surface area contributed by atoms with E-state index in [9.17, 15) is 4.79 Å². The number of aromatic nitrogens is 4. The number of H-pyrrole nitrogens is 1. The van der Waals surface area contributed by atoms with Gasteiger partial charge < -0.3 is 19.9 Å². The first-order chi connectivity index (χ1) is 15.5. The highest BCUT2D eigenvalue weighted by molar-refractivity contribution is 6.02. The predicted molar refractivity (Wildman–Crippen MR) is 125 cm³/mol. The number of benzene rings is 2. The van der Waals surface area contributed by atoms with Gasteiger partial charge in [-0.25, -0.2) is 19.7 Å². The third kappa shape index (κ3) is 3.71. The molecule has 0 spiro atoms. The first-order valence-electron chi connectivity index (χ1n) is 10.6. The third-order valence-electron chi connectivity index (χ3n) is 5.68. The number of nitrogens with zero attached hydrogens (tertiary/aromatic N) is 5. The molecule has 1 aliphatic heterocycles. The summed E-state index contributed by atoms with van der Waals surface area (Å²) in [6, 6.07) is 9.81. The van der Waals surface area contributed by atoms with Gasteiger partial charge in [0.25, 0.3) is 0 Å². The highest BCUT2D eigenvalue weighted by Crippen LogP contribution is 2.31. The lowest BCUT2D eigenvalue weighted by molar-refractivity contribution is 0.0551. The minimum absolute atomic E-state index is 0.0787. The number of urea groups is 1. The van der Waals surface area contributed by atoms with Crippen LogP contribution in [0.2, 0.25) is 0 Å². The van der Waals surface area contributed by atoms with Crippen molar-refractivity contribution in [1.29, 1.82) is 0 Å². The first kappa shape index (κ1) is 20.2. The minimum atomic E-state index is -0.0787. The number of nitrogens with one attached hydrogen (secondary N) is 2. The van der Waals surface area contributed by atoms with Gasteiger partial charge in [-0.1, -0.05) is 18.2 Å².